The van der Waals surface area contributed by atoms with Crippen LogP contribution in [0.3, 0.4) is 0 Å². The summed E-state index contributed by atoms with van der Waals surface area (Å²) >= 11 is 0. The number of benzene rings is 1. The molecule has 5 N–H and O–H groups in total. The average Bonchev–Trinajstić information content (AvgIpc) is 2.66. The van der Waals surface area contributed by atoms with Gasteiger partial charge in [0.2, 0.25) is 0 Å². The van der Waals surface area contributed by atoms with Gasteiger partial charge in [-0.25, -0.2) is 4.79 Å². The van der Waals surface area contributed by atoms with Crippen molar-refractivity contribution < 1.29 is 0 Å². The van der Waals surface area contributed by atoms with Crippen LogP contribution in [0.1, 0.15) is 32.3 Å². The minimum Gasteiger partial charge on any atom is -0.326 e. The fourth-order valence-corrected chi connectivity index (χ4v) is 2.09. The van der Waals surface area contributed by atoms with Crippen molar-refractivity contribution >= 4 is 11.0 Å². The number of fused-ring (bicyclic) bond motifs is 1. The number of hydrogen-bond donors (Lipinski definition) is 4. The highest BCUT2D eigenvalue weighted by atomic mass is 16.1. The molecule has 0 aliphatic heterocycles. The van der Waals surface area contributed by atoms with Crippen LogP contribution >= 0.6 is 0 Å². The van der Waals surface area contributed by atoms with Crippen molar-refractivity contribution in [2.75, 3.05) is 6.54 Å². The first-order valence-electron chi connectivity index (χ1n) is 6.65. The zero-order valence-electron chi connectivity index (χ0n) is 11.5. The second-order valence-corrected chi connectivity index (χ2v) is 5.73. The molecule has 1 aromatic carbocycles. The molecule has 0 aliphatic carbocycles. The van der Waals surface area contributed by atoms with Crippen molar-refractivity contribution in [3.8, 4) is 0 Å². The van der Waals surface area contributed by atoms with Gasteiger partial charge >= 0.3 is 5.69 Å². The van der Waals surface area contributed by atoms with Gasteiger partial charge < -0.3 is 21.0 Å². The van der Waals surface area contributed by atoms with Gasteiger partial charge in [-0.05, 0) is 50.9 Å². The van der Waals surface area contributed by atoms with Gasteiger partial charge in [0, 0.05) is 12.1 Å². The van der Waals surface area contributed by atoms with Crippen LogP contribution in [0.25, 0.3) is 11.0 Å². The number of aromatic nitrogens is 2. The molecule has 19 heavy (non-hydrogen) atoms. The summed E-state index contributed by atoms with van der Waals surface area (Å²) in [7, 11) is 0. The van der Waals surface area contributed by atoms with Crippen molar-refractivity contribution in [1.82, 2.24) is 15.3 Å². The monoisotopic (exact) mass is 262 g/mol. The standard InChI is InChI=1S/C14H22N4O/c1-14(2,15)6-3-7-16-9-10-4-5-11-12(8-10)18-13(19)17-11/h4-5,8,16H,3,6-7,9,15H2,1-2H3,(H2,17,18,19). The normalized spacial score (nSPS) is 12.2. The Hall–Kier alpha value is -1.59. The van der Waals surface area contributed by atoms with E-state index < -0.39 is 0 Å². The largest absolute Gasteiger partial charge is 0.326 e. The second-order valence-electron chi connectivity index (χ2n) is 5.73. The molecule has 5 nitrogen and oxygen atoms in total. The predicted molar refractivity (Wildman–Crippen MR) is 78.1 cm³/mol. The van der Waals surface area contributed by atoms with Crippen LogP contribution in [0.15, 0.2) is 23.0 Å². The van der Waals surface area contributed by atoms with Gasteiger partial charge in [0.25, 0.3) is 0 Å². The highest BCUT2D eigenvalue weighted by molar-refractivity contribution is 5.74. The number of nitrogens with two attached hydrogens (primary N) is 1. The molecule has 0 unspecified atom stereocenters. The van der Waals surface area contributed by atoms with E-state index in [1.807, 2.05) is 32.0 Å². The molecule has 0 radical (unpaired) electrons. The lowest BCUT2D eigenvalue weighted by atomic mass is 10.0. The third-order valence-electron chi connectivity index (χ3n) is 3.08. The van der Waals surface area contributed by atoms with Crippen molar-refractivity contribution in [3.63, 3.8) is 0 Å². The first kappa shape index (κ1) is 13.8. The molecular formula is C14H22N4O. The summed E-state index contributed by atoms with van der Waals surface area (Å²) in [6.45, 7) is 5.84. The molecule has 0 aliphatic rings. The van der Waals surface area contributed by atoms with E-state index in [0.717, 1.165) is 42.5 Å². The topological polar surface area (TPSA) is 86.7 Å². The van der Waals surface area contributed by atoms with Crippen molar-refractivity contribution in [1.29, 1.82) is 0 Å². The molecule has 1 aromatic heterocycles. The van der Waals surface area contributed by atoms with Crippen LogP contribution in [0.4, 0.5) is 0 Å². The molecule has 0 bridgehead atoms. The molecule has 0 atom stereocenters. The molecule has 0 spiro atoms. The summed E-state index contributed by atoms with van der Waals surface area (Å²) in [5, 5.41) is 3.39. The fraction of sp³-hybridized carbons (Fsp3) is 0.500. The van der Waals surface area contributed by atoms with Gasteiger partial charge in [-0.2, -0.15) is 0 Å². The van der Waals surface area contributed by atoms with E-state index in [4.69, 9.17) is 5.73 Å². The third-order valence-corrected chi connectivity index (χ3v) is 3.08. The summed E-state index contributed by atoms with van der Waals surface area (Å²) < 4.78 is 0. The quantitative estimate of drug-likeness (QED) is 0.594. The Morgan fingerprint density at radius 3 is 2.74 bits per heavy atom. The lowest BCUT2D eigenvalue weighted by Crippen LogP contribution is -2.32. The molecule has 0 saturated heterocycles. The van der Waals surface area contributed by atoms with Gasteiger partial charge in [0.1, 0.15) is 0 Å². The summed E-state index contributed by atoms with van der Waals surface area (Å²) in [4.78, 5) is 16.7. The Morgan fingerprint density at radius 1 is 1.26 bits per heavy atom. The highest BCUT2D eigenvalue weighted by Gasteiger charge is 2.08. The maximum atomic E-state index is 11.2. The highest BCUT2D eigenvalue weighted by Crippen LogP contribution is 2.10. The van der Waals surface area contributed by atoms with Crippen LogP contribution in [-0.2, 0) is 6.54 Å². The number of H-pyrrole nitrogens is 2. The summed E-state index contributed by atoms with van der Waals surface area (Å²) in [6.07, 6.45) is 2.07. The zero-order chi connectivity index (χ0) is 13.9. The maximum Gasteiger partial charge on any atom is 0.323 e. The second kappa shape index (κ2) is 5.59. The van der Waals surface area contributed by atoms with E-state index >= 15 is 0 Å². The Morgan fingerprint density at radius 2 is 2.00 bits per heavy atom. The van der Waals surface area contributed by atoms with Crippen LogP contribution < -0.4 is 16.7 Å². The molecule has 1 heterocycles. The minimum absolute atomic E-state index is 0.0921. The Balaban J connectivity index is 1.83. The fourth-order valence-electron chi connectivity index (χ4n) is 2.09. The molecule has 0 amide bonds. The Bertz CT molecular complexity index is 591. The maximum absolute atomic E-state index is 11.2. The van der Waals surface area contributed by atoms with E-state index in [1.165, 1.54) is 0 Å². The van der Waals surface area contributed by atoms with Crippen molar-refractivity contribution in [2.24, 2.45) is 5.73 Å². The van der Waals surface area contributed by atoms with Gasteiger partial charge in [0.05, 0.1) is 11.0 Å². The number of aromatic amines is 2. The van der Waals surface area contributed by atoms with Crippen LogP contribution in [-0.4, -0.2) is 22.1 Å². The van der Waals surface area contributed by atoms with Gasteiger partial charge in [-0.15, -0.1) is 0 Å². The van der Waals surface area contributed by atoms with Gasteiger partial charge in [-0.1, -0.05) is 6.07 Å². The van der Waals surface area contributed by atoms with Crippen LogP contribution in [0.5, 0.6) is 0 Å². The minimum atomic E-state index is -0.162. The van der Waals surface area contributed by atoms with E-state index in [9.17, 15) is 4.79 Å². The van der Waals surface area contributed by atoms with Crippen molar-refractivity contribution in [2.45, 2.75) is 38.8 Å². The van der Waals surface area contributed by atoms with Crippen LogP contribution in [0, 0.1) is 0 Å². The van der Waals surface area contributed by atoms with E-state index in [1.54, 1.807) is 0 Å². The molecular weight excluding hydrogens is 240 g/mol. The number of nitrogens with one attached hydrogen (secondary N) is 3. The van der Waals surface area contributed by atoms with E-state index in [-0.39, 0.29) is 11.2 Å². The molecule has 0 fully saturated rings. The summed E-state index contributed by atoms with van der Waals surface area (Å²) in [5.74, 6) is 0. The Labute approximate surface area is 112 Å². The van der Waals surface area contributed by atoms with E-state index in [0.29, 0.717) is 0 Å². The first-order valence-corrected chi connectivity index (χ1v) is 6.65. The molecule has 2 rings (SSSR count). The molecule has 104 valence electrons. The summed E-state index contributed by atoms with van der Waals surface area (Å²) in [5.41, 5.74) is 8.54. The van der Waals surface area contributed by atoms with E-state index in [2.05, 4.69) is 15.3 Å². The first-order chi connectivity index (χ1) is 8.94. The number of imidazole rings is 1. The van der Waals surface area contributed by atoms with Crippen molar-refractivity contribution in [3.05, 3.63) is 34.2 Å². The van der Waals surface area contributed by atoms with Gasteiger partial charge in [0.15, 0.2) is 0 Å². The molecule has 5 heteroatoms. The Kier molecular flexibility index (Phi) is 4.07. The number of rotatable bonds is 6. The van der Waals surface area contributed by atoms with Crippen LogP contribution in [0.2, 0.25) is 0 Å². The zero-order valence-corrected chi connectivity index (χ0v) is 11.5. The predicted octanol–water partition coefficient (Wildman–Crippen LogP) is 1.46. The lowest BCUT2D eigenvalue weighted by molar-refractivity contribution is 0.448. The average molecular weight is 262 g/mol. The third kappa shape index (κ3) is 4.22. The molecule has 0 saturated carbocycles. The smallest absolute Gasteiger partial charge is 0.323 e. The van der Waals surface area contributed by atoms with Gasteiger partial charge in [-0.3, -0.25) is 0 Å². The lowest BCUT2D eigenvalue weighted by Gasteiger charge is -2.17. The summed E-state index contributed by atoms with van der Waals surface area (Å²) in [6, 6.07) is 5.94. The SMILES string of the molecule is CC(C)(N)CCCNCc1ccc2[nH]c(=O)[nH]c2c1. The molecule has 2 aromatic rings. The number of hydrogen-bond acceptors (Lipinski definition) is 3.